The van der Waals surface area contributed by atoms with Gasteiger partial charge in [0.1, 0.15) is 5.75 Å². The number of ether oxygens (including phenoxy) is 1. The van der Waals surface area contributed by atoms with Crippen molar-refractivity contribution in [2.45, 2.75) is 13.0 Å². The molecule has 2 aromatic carbocycles. The molecule has 2 N–H and O–H groups in total. The van der Waals surface area contributed by atoms with E-state index in [4.69, 9.17) is 4.74 Å². The van der Waals surface area contributed by atoms with Gasteiger partial charge in [-0.15, -0.1) is 0 Å². The van der Waals surface area contributed by atoms with Crippen LogP contribution in [0.15, 0.2) is 59.7 Å². The molecule has 1 atom stereocenters. The zero-order chi connectivity index (χ0) is 17.4. The van der Waals surface area contributed by atoms with Gasteiger partial charge in [0.15, 0.2) is 0 Å². The first-order valence-electron chi connectivity index (χ1n) is 7.43. The standard InChI is InChI=1S/C18H19N3O3/c1-13(15-6-4-3-5-7-15)20-17(22)18(23)21-19-12-14-8-10-16(24-2)11-9-14/h3-13H,1-2H3,(H,20,22)(H,21,23)/b19-12+. The van der Waals surface area contributed by atoms with Crippen molar-refractivity contribution in [1.29, 1.82) is 0 Å². The molecule has 2 aromatic rings. The van der Waals surface area contributed by atoms with E-state index in [1.54, 1.807) is 38.3 Å². The smallest absolute Gasteiger partial charge is 0.329 e. The minimum atomic E-state index is -0.817. The van der Waals surface area contributed by atoms with Crippen LogP contribution >= 0.6 is 0 Å². The van der Waals surface area contributed by atoms with E-state index < -0.39 is 11.8 Å². The molecule has 0 saturated carbocycles. The van der Waals surface area contributed by atoms with Crippen molar-refractivity contribution in [3.63, 3.8) is 0 Å². The lowest BCUT2D eigenvalue weighted by molar-refractivity contribution is -0.139. The van der Waals surface area contributed by atoms with E-state index in [1.165, 1.54) is 6.21 Å². The van der Waals surface area contributed by atoms with Crippen LogP contribution in [0.5, 0.6) is 5.75 Å². The van der Waals surface area contributed by atoms with Crippen LogP contribution in [-0.2, 0) is 9.59 Å². The first kappa shape index (κ1) is 17.2. The van der Waals surface area contributed by atoms with E-state index in [0.717, 1.165) is 16.9 Å². The number of hydrazone groups is 1. The molecule has 0 aliphatic rings. The molecule has 24 heavy (non-hydrogen) atoms. The number of hydrogen-bond donors (Lipinski definition) is 2. The molecular weight excluding hydrogens is 306 g/mol. The predicted molar refractivity (Wildman–Crippen MR) is 91.7 cm³/mol. The summed E-state index contributed by atoms with van der Waals surface area (Å²) in [5.74, 6) is -0.828. The summed E-state index contributed by atoms with van der Waals surface area (Å²) in [5.41, 5.74) is 3.89. The molecule has 2 rings (SSSR count). The van der Waals surface area contributed by atoms with Gasteiger partial charge in [-0.1, -0.05) is 30.3 Å². The topological polar surface area (TPSA) is 79.8 Å². The molecule has 6 heteroatoms. The molecule has 1 unspecified atom stereocenters. The Morgan fingerprint density at radius 2 is 1.71 bits per heavy atom. The second-order valence-corrected chi connectivity index (χ2v) is 5.08. The average molecular weight is 325 g/mol. The molecule has 0 bridgehead atoms. The number of carbonyl (C=O) groups is 2. The second-order valence-electron chi connectivity index (χ2n) is 5.08. The Balaban J connectivity index is 1.84. The van der Waals surface area contributed by atoms with Crippen LogP contribution < -0.4 is 15.5 Å². The minimum absolute atomic E-state index is 0.269. The summed E-state index contributed by atoms with van der Waals surface area (Å²) in [6.45, 7) is 1.81. The molecule has 0 aliphatic heterocycles. The molecule has 0 spiro atoms. The predicted octanol–water partition coefficient (Wildman–Crippen LogP) is 2.02. The molecule has 0 fully saturated rings. The van der Waals surface area contributed by atoms with Crippen LogP contribution in [0.4, 0.5) is 0 Å². The third kappa shape index (κ3) is 4.95. The van der Waals surface area contributed by atoms with Crippen LogP contribution in [0.1, 0.15) is 24.1 Å². The zero-order valence-corrected chi connectivity index (χ0v) is 13.5. The van der Waals surface area contributed by atoms with Crippen molar-refractivity contribution < 1.29 is 14.3 Å². The maximum Gasteiger partial charge on any atom is 0.329 e. The lowest BCUT2D eigenvalue weighted by atomic mass is 10.1. The molecule has 0 aromatic heterocycles. The van der Waals surface area contributed by atoms with Gasteiger partial charge in [0.25, 0.3) is 0 Å². The average Bonchev–Trinajstić information content (AvgIpc) is 2.62. The summed E-state index contributed by atoms with van der Waals surface area (Å²) in [6.07, 6.45) is 1.45. The largest absolute Gasteiger partial charge is 0.497 e. The highest BCUT2D eigenvalue weighted by molar-refractivity contribution is 6.35. The Morgan fingerprint density at radius 1 is 1.04 bits per heavy atom. The van der Waals surface area contributed by atoms with E-state index >= 15 is 0 Å². The minimum Gasteiger partial charge on any atom is -0.497 e. The number of amides is 2. The van der Waals surface area contributed by atoms with E-state index in [9.17, 15) is 9.59 Å². The third-order valence-corrected chi connectivity index (χ3v) is 3.35. The van der Waals surface area contributed by atoms with Crippen molar-refractivity contribution in [3.05, 3.63) is 65.7 Å². The van der Waals surface area contributed by atoms with Gasteiger partial charge in [0.05, 0.1) is 19.4 Å². The van der Waals surface area contributed by atoms with E-state index in [0.29, 0.717) is 0 Å². The first-order valence-corrected chi connectivity index (χ1v) is 7.43. The maximum absolute atomic E-state index is 11.8. The number of carbonyl (C=O) groups excluding carboxylic acids is 2. The molecule has 0 saturated heterocycles. The highest BCUT2D eigenvalue weighted by atomic mass is 16.5. The second kappa shape index (κ2) is 8.47. The van der Waals surface area contributed by atoms with Gasteiger partial charge >= 0.3 is 11.8 Å². The first-order chi connectivity index (χ1) is 11.6. The number of nitrogens with one attached hydrogen (secondary N) is 2. The van der Waals surface area contributed by atoms with Crippen LogP contribution in [-0.4, -0.2) is 25.1 Å². The highest BCUT2D eigenvalue weighted by Crippen LogP contribution is 2.11. The maximum atomic E-state index is 11.8. The van der Waals surface area contributed by atoms with Crippen LogP contribution in [0.3, 0.4) is 0 Å². The van der Waals surface area contributed by atoms with Gasteiger partial charge in [0, 0.05) is 0 Å². The molecule has 6 nitrogen and oxygen atoms in total. The summed E-state index contributed by atoms with van der Waals surface area (Å²) in [4.78, 5) is 23.6. The number of hydrogen-bond acceptors (Lipinski definition) is 4. The SMILES string of the molecule is COc1ccc(/C=N/NC(=O)C(=O)NC(C)c2ccccc2)cc1. The Bertz CT molecular complexity index is 712. The van der Waals surface area contributed by atoms with Gasteiger partial charge in [-0.05, 0) is 42.3 Å². The van der Waals surface area contributed by atoms with Crippen LogP contribution in [0.25, 0.3) is 0 Å². The summed E-state index contributed by atoms with van der Waals surface area (Å²) in [5, 5.41) is 6.39. The van der Waals surface area contributed by atoms with Crippen molar-refractivity contribution in [2.75, 3.05) is 7.11 Å². The molecular formula is C18H19N3O3. The summed E-state index contributed by atoms with van der Waals surface area (Å²) in [7, 11) is 1.58. The van der Waals surface area contributed by atoms with Gasteiger partial charge < -0.3 is 10.1 Å². The zero-order valence-electron chi connectivity index (χ0n) is 13.5. The summed E-state index contributed by atoms with van der Waals surface area (Å²) in [6, 6.07) is 16.2. The normalized spacial score (nSPS) is 11.8. The number of rotatable bonds is 5. The fourth-order valence-electron chi connectivity index (χ4n) is 1.99. The molecule has 2 amide bonds. The van der Waals surface area contributed by atoms with Crippen molar-refractivity contribution in [1.82, 2.24) is 10.7 Å². The summed E-state index contributed by atoms with van der Waals surface area (Å²) < 4.78 is 5.05. The Hall–Kier alpha value is -3.15. The van der Waals surface area contributed by atoms with Crippen molar-refractivity contribution >= 4 is 18.0 Å². The van der Waals surface area contributed by atoms with Crippen LogP contribution in [0.2, 0.25) is 0 Å². The Morgan fingerprint density at radius 3 is 2.33 bits per heavy atom. The summed E-state index contributed by atoms with van der Waals surface area (Å²) >= 11 is 0. The molecule has 0 aliphatic carbocycles. The van der Waals surface area contributed by atoms with Gasteiger partial charge in [0.2, 0.25) is 0 Å². The number of benzene rings is 2. The van der Waals surface area contributed by atoms with E-state index in [1.807, 2.05) is 30.3 Å². The van der Waals surface area contributed by atoms with Crippen LogP contribution in [0, 0.1) is 0 Å². The van der Waals surface area contributed by atoms with Gasteiger partial charge in [-0.2, -0.15) is 5.10 Å². The number of methoxy groups -OCH3 is 1. The Labute approximate surface area is 140 Å². The quantitative estimate of drug-likeness (QED) is 0.501. The van der Waals surface area contributed by atoms with Gasteiger partial charge in [-0.3, -0.25) is 9.59 Å². The molecule has 0 heterocycles. The highest BCUT2D eigenvalue weighted by Gasteiger charge is 2.16. The number of nitrogens with zero attached hydrogens (tertiary/aromatic N) is 1. The van der Waals surface area contributed by atoms with Crippen molar-refractivity contribution in [2.24, 2.45) is 5.10 Å². The van der Waals surface area contributed by atoms with E-state index in [-0.39, 0.29) is 6.04 Å². The Kier molecular flexibility index (Phi) is 6.08. The molecule has 124 valence electrons. The lowest BCUT2D eigenvalue weighted by Crippen LogP contribution is -2.39. The fourth-order valence-corrected chi connectivity index (χ4v) is 1.99. The molecule has 0 radical (unpaired) electrons. The van der Waals surface area contributed by atoms with Crippen molar-refractivity contribution in [3.8, 4) is 5.75 Å². The van der Waals surface area contributed by atoms with E-state index in [2.05, 4.69) is 15.8 Å². The lowest BCUT2D eigenvalue weighted by Gasteiger charge is -2.13. The fraction of sp³-hybridized carbons (Fsp3) is 0.167. The third-order valence-electron chi connectivity index (χ3n) is 3.35. The van der Waals surface area contributed by atoms with Gasteiger partial charge in [-0.25, -0.2) is 5.43 Å². The monoisotopic (exact) mass is 325 g/mol.